The average molecular weight is 436 g/mol. The van der Waals surface area contributed by atoms with Crippen LogP contribution >= 0.6 is 0 Å². The van der Waals surface area contributed by atoms with Crippen molar-refractivity contribution in [2.45, 2.75) is 20.0 Å². The molecule has 0 aliphatic rings. The lowest BCUT2D eigenvalue weighted by atomic mass is 10.00. The molecule has 1 heterocycles. The lowest BCUT2D eigenvalue weighted by Crippen LogP contribution is -2.05. The van der Waals surface area contributed by atoms with Gasteiger partial charge in [-0.05, 0) is 49.2 Å². The van der Waals surface area contributed by atoms with Gasteiger partial charge in [-0.3, -0.25) is 0 Å². The Kier molecular flexibility index (Phi) is 5.34. The summed E-state index contributed by atoms with van der Waals surface area (Å²) < 4.78 is 41.4. The minimum absolute atomic E-state index is 0.0271. The van der Waals surface area contributed by atoms with Crippen molar-refractivity contribution in [3.05, 3.63) is 95.1 Å². The molecular formula is C25H19F3N2O2. The molecule has 0 bridgehead atoms. The Morgan fingerprint density at radius 1 is 0.875 bits per heavy atom. The average Bonchev–Trinajstić information content (AvgIpc) is 3.17. The third-order valence-corrected chi connectivity index (χ3v) is 5.34. The summed E-state index contributed by atoms with van der Waals surface area (Å²) in [7, 11) is 0. The number of hydrogen-bond donors (Lipinski definition) is 1. The maximum Gasteiger partial charge on any atom is 0.416 e. The van der Waals surface area contributed by atoms with E-state index in [1.54, 1.807) is 30.3 Å². The van der Waals surface area contributed by atoms with Gasteiger partial charge in [0.05, 0.1) is 16.9 Å². The highest BCUT2D eigenvalue weighted by Gasteiger charge is 2.32. The van der Waals surface area contributed by atoms with Gasteiger partial charge < -0.3 is 5.11 Å². The van der Waals surface area contributed by atoms with Gasteiger partial charge in [-0.1, -0.05) is 48.5 Å². The fourth-order valence-corrected chi connectivity index (χ4v) is 3.57. The Hall–Kier alpha value is -3.87. The minimum atomic E-state index is -4.56. The molecule has 0 spiro atoms. The van der Waals surface area contributed by atoms with Crippen LogP contribution in [-0.2, 0) is 6.18 Å². The molecule has 4 aromatic rings. The zero-order valence-corrected chi connectivity index (χ0v) is 17.3. The van der Waals surface area contributed by atoms with Crippen molar-refractivity contribution >= 4 is 5.97 Å². The van der Waals surface area contributed by atoms with E-state index in [0.29, 0.717) is 16.9 Å². The first-order chi connectivity index (χ1) is 15.2. The van der Waals surface area contributed by atoms with E-state index in [0.717, 1.165) is 23.3 Å². The first-order valence-electron chi connectivity index (χ1n) is 9.84. The smallest absolute Gasteiger partial charge is 0.416 e. The Morgan fingerprint density at radius 3 is 2.19 bits per heavy atom. The van der Waals surface area contributed by atoms with Gasteiger partial charge in [0.25, 0.3) is 0 Å². The summed E-state index contributed by atoms with van der Waals surface area (Å²) in [5.74, 6) is -1.27. The topological polar surface area (TPSA) is 55.1 Å². The van der Waals surface area contributed by atoms with Crippen molar-refractivity contribution < 1.29 is 23.1 Å². The van der Waals surface area contributed by atoms with Gasteiger partial charge in [-0.15, -0.1) is 0 Å². The summed E-state index contributed by atoms with van der Waals surface area (Å²) in [5, 5.41) is 14.6. The molecule has 0 radical (unpaired) electrons. The van der Waals surface area contributed by atoms with Crippen LogP contribution in [0.3, 0.4) is 0 Å². The summed E-state index contributed by atoms with van der Waals surface area (Å²) >= 11 is 0. The van der Waals surface area contributed by atoms with Gasteiger partial charge in [0.1, 0.15) is 11.3 Å². The number of carboxylic acid groups (broad SMARTS) is 1. The molecule has 0 atom stereocenters. The second-order valence-corrected chi connectivity index (χ2v) is 7.50. The maximum atomic E-state index is 13.3. The summed E-state index contributed by atoms with van der Waals surface area (Å²) in [4.78, 5) is 12.4. The van der Waals surface area contributed by atoms with Crippen LogP contribution in [0.5, 0.6) is 0 Å². The lowest BCUT2D eigenvalue weighted by Gasteiger charge is -2.10. The number of aryl methyl sites for hydroxylation is 2. The third kappa shape index (κ3) is 3.89. The number of halogens is 3. The molecule has 1 aromatic heterocycles. The molecule has 0 unspecified atom stereocenters. The third-order valence-electron chi connectivity index (χ3n) is 5.34. The lowest BCUT2D eigenvalue weighted by molar-refractivity contribution is -0.137. The van der Waals surface area contributed by atoms with E-state index in [2.05, 4.69) is 5.10 Å². The van der Waals surface area contributed by atoms with E-state index in [1.807, 2.05) is 32.0 Å². The van der Waals surface area contributed by atoms with Crippen LogP contribution in [0.4, 0.5) is 13.2 Å². The van der Waals surface area contributed by atoms with Gasteiger partial charge >= 0.3 is 12.1 Å². The monoisotopic (exact) mass is 436 g/mol. The fraction of sp³-hybridized carbons (Fsp3) is 0.120. The van der Waals surface area contributed by atoms with Crippen molar-refractivity contribution in [3.8, 4) is 28.2 Å². The van der Waals surface area contributed by atoms with E-state index < -0.39 is 17.7 Å². The van der Waals surface area contributed by atoms with Gasteiger partial charge in [-0.2, -0.15) is 18.3 Å². The zero-order chi connectivity index (χ0) is 23.0. The molecular weight excluding hydrogens is 417 g/mol. The highest BCUT2D eigenvalue weighted by molar-refractivity contribution is 6.02. The number of carboxylic acids is 1. The van der Waals surface area contributed by atoms with Crippen LogP contribution < -0.4 is 0 Å². The van der Waals surface area contributed by atoms with Crippen LogP contribution in [0.15, 0.2) is 72.8 Å². The predicted octanol–water partition coefficient (Wildman–Crippen LogP) is 6.54. The number of aromatic nitrogens is 2. The largest absolute Gasteiger partial charge is 0.478 e. The van der Waals surface area contributed by atoms with Gasteiger partial charge in [-0.25, -0.2) is 9.48 Å². The Balaban J connectivity index is 2.05. The first kappa shape index (κ1) is 21.4. The summed E-state index contributed by atoms with van der Waals surface area (Å²) in [5.41, 5.74) is 2.57. The van der Waals surface area contributed by atoms with Crippen LogP contribution in [0, 0.1) is 13.8 Å². The van der Waals surface area contributed by atoms with Crippen molar-refractivity contribution in [3.63, 3.8) is 0 Å². The molecule has 0 aliphatic heterocycles. The van der Waals surface area contributed by atoms with E-state index in [-0.39, 0.29) is 16.8 Å². The molecule has 0 saturated carbocycles. The highest BCUT2D eigenvalue weighted by Crippen LogP contribution is 2.37. The minimum Gasteiger partial charge on any atom is -0.478 e. The van der Waals surface area contributed by atoms with Crippen LogP contribution in [0.25, 0.3) is 28.2 Å². The molecule has 4 rings (SSSR count). The van der Waals surface area contributed by atoms with E-state index >= 15 is 0 Å². The van der Waals surface area contributed by atoms with E-state index in [1.165, 1.54) is 16.8 Å². The number of nitrogens with zero attached hydrogens (tertiary/aromatic N) is 2. The normalized spacial score (nSPS) is 11.5. The Labute approximate surface area is 182 Å². The number of carbonyl (C=O) groups is 1. The first-order valence-corrected chi connectivity index (χ1v) is 9.84. The fourth-order valence-electron chi connectivity index (χ4n) is 3.57. The van der Waals surface area contributed by atoms with E-state index in [9.17, 15) is 23.1 Å². The van der Waals surface area contributed by atoms with Crippen LogP contribution in [0.2, 0.25) is 0 Å². The number of rotatable bonds is 4. The van der Waals surface area contributed by atoms with Crippen molar-refractivity contribution in [2.75, 3.05) is 0 Å². The quantitative estimate of drug-likeness (QED) is 0.395. The van der Waals surface area contributed by atoms with E-state index in [4.69, 9.17) is 0 Å². The number of aromatic carboxylic acids is 1. The Bertz CT molecular complexity index is 1310. The highest BCUT2D eigenvalue weighted by atomic mass is 19.4. The molecule has 3 aromatic carbocycles. The molecule has 4 nitrogen and oxygen atoms in total. The van der Waals surface area contributed by atoms with Crippen molar-refractivity contribution in [1.29, 1.82) is 0 Å². The Morgan fingerprint density at radius 2 is 1.56 bits per heavy atom. The molecule has 32 heavy (non-hydrogen) atoms. The molecule has 1 N–H and O–H groups in total. The molecule has 162 valence electrons. The second-order valence-electron chi connectivity index (χ2n) is 7.50. The summed E-state index contributed by atoms with van der Waals surface area (Å²) in [6.07, 6.45) is -4.56. The summed E-state index contributed by atoms with van der Waals surface area (Å²) in [6, 6.07) is 19.0. The molecule has 7 heteroatoms. The molecule has 0 fully saturated rings. The van der Waals surface area contributed by atoms with Crippen molar-refractivity contribution in [2.24, 2.45) is 0 Å². The summed E-state index contributed by atoms with van der Waals surface area (Å²) in [6.45, 7) is 3.88. The van der Waals surface area contributed by atoms with Gasteiger partial charge in [0.2, 0.25) is 0 Å². The van der Waals surface area contributed by atoms with Gasteiger partial charge in [0.15, 0.2) is 0 Å². The standard InChI is InChI=1S/C25H19F3N2O2/c1-15-11-12-20(13-16(15)2)30-23(17-7-4-3-5-8-17)21(24(31)32)22(29-30)18-9-6-10-19(14-18)25(26,27)28/h3-14H,1-2H3,(H,31,32). The number of alkyl halides is 3. The predicted molar refractivity (Wildman–Crippen MR) is 116 cm³/mol. The van der Waals surface area contributed by atoms with Crippen LogP contribution in [-0.4, -0.2) is 20.9 Å². The second kappa shape index (κ2) is 8.00. The SMILES string of the molecule is Cc1ccc(-n2nc(-c3cccc(C(F)(F)F)c3)c(C(=O)O)c2-c2ccccc2)cc1C. The van der Waals surface area contributed by atoms with Gasteiger partial charge in [0, 0.05) is 11.1 Å². The number of hydrogen-bond acceptors (Lipinski definition) is 2. The number of benzene rings is 3. The van der Waals surface area contributed by atoms with Crippen molar-refractivity contribution in [1.82, 2.24) is 9.78 Å². The maximum absolute atomic E-state index is 13.3. The van der Waals surface area contributed by atoms with Crippen LogP contribution in [0.1, 0.15) is 27.0 Å². The molecule has 0 aliphatic carbocycles. The molecule has 0 saturated heterocycles. The molecule has 0 amide bonds. The zero-order valence-electron chi connectivity index (χ0n) is 17.3.